The average molecular weight is 414 g/mol. The number of anilines is 1. The van der Waals surface area contributed by atoms with E-state index in [9.17, 15) is 9.59 Å². The topological polar surface area (TPSA) is 55.4 Å². The molecule has 1 aromatic carbocycles. The number of thiophene rings is 1. The van der Waals surface area contributed by atoms with Crippen LogP contribution in [-0.4, -0.2) is 18.5 Å². The number of hydrogen-bond donors (Lipinski definition) is 1. The lowest BCUT2D eigenvalue weighted by atomic mass is 9.95. The lowest BCUT2D eigenvalue weighted by molar-refractivity contribution is -0.117. The normalized spacial score (nSPS) is 14.4. The Morgan fingerprint density at radius 2 is 1.79 bits per heavy atom. The van der Waals surface area contributed by atoms with Crippen LogP contribution in [-0.2, 0) is 28.8 Å². The highest BCUT2D eigenvalue weighted by atomic mass is 32.1. The Morgan fingerprint density at radius 3 is 2.45 bits per heavy atom. The summed E-state index contributed by atoms with van der Waals surface area (Å²) in [6.07, 6.45) is 5.08. The molecule has 3 rings (SSSR count). The minimum Gasteiger partial charge on any atom is -0.462 e. The molecule has 1 unspecified atom stereocenters. The first-order valence-electron chi connectivity index (χ1n) is 10.6. The van der Waals surface area contributed by atoms with Crippen molar-refractivity contribution in [2.75, 3.05) is 11.9 Å². The fourth-order valence-electron chi connectivity index (χ4n) is 3.86. The maximum Gasteiger partial charge on any atom is 0.341 e. The second-order valence-corrected chi connectivity index (χ2v) is 9.29. The molecule has 0 bridgehead atoms. The van der Waals surface area contributed by atoms with Gasteiger partial charge in [-0.05, 0) is 68.6 Å². The molecule has 0 saturated carbocycles. The Labute approximate surface area is 177 Å². The highest BCUT2D eigenvalue weighted by Crippen LogP contribution is 2.39. The zero-order valence-electron chi connectivity index (χ0n) is 17.8. The molecule has 4 nitrogen and oxygen atoms in total. The molecule has 2 aromatic rings. The summed E-state index contributed by atoms with van der Waals surface area (Å²) in [4.78, 5) is 26.8. The Bertz CT molecular complexity index is 867. The van der Waals surface area contributed by atoms with E-state index < -0.39 is 0 Å². The van der Waals surface area contributed by atoms with Crippen LogP contribution >= 0.6 is 11.3 Å². The van der Waals surface area contributed by atoms with Gasteiger partial charge in [0, 0.05) is 4.88 Å². The molecule has 1 N–H and O–H groups in total. The van der Waals surface area contributed by atoms with E-state index in [0.717, 1.165) is 43.2 Å². The summed E-state index contributed by atoms with van der Waals surface area (Å²) >= 11 is 1.53. The van der Waals surface area contributed by atoms with E-state index in [-0.39, 0.29) is 17.8 Å². The summed E-state index contributed by atoms with van der Waals surface area (Å²) in [6.45, 7) is 8.44. The first-order valence-corrected chi connectivity index (χ1v) is 11.4. The fourth-order valence-corrected chi connectivity index (χ4v) is 5.14. The zero-order chi connectivity index (χ0) is 21.0. The van der Waals surface area contributed by atoms with Crippen molar-refractivity contribution in [3.05, 3.63) is 51.4 Å². The van der Waals surface area contributed by atoms with Gasteiger partial charge >= 0.3 is 5.97 Å². The first kappa shape index (κ1) is 21.6. The van der Waals surface area contributed by atoms with Crippen LogP contribution in [0.5, 0.6) is 0 Å². The number of amides is 1. The van der Waals surface area contributed by atoms with E-state index in [1.807, 2.05) is 19.1 Å². The molecule has 1 heterocycles. The zero-order valence-corrected chi connectivity index (χ0v) is 18.7. The van der Waals surface area contributed by atoms with Crippen molar-refractivity contribution in [3.63, 3.8) is 0 Å². The molecule has 29 heavy (non-hydrogen) atoms. The highest BCUT2D eigenvalue weighted by molar-refractivity contribution is 7.17. The number of aryl methyl sites for hydroxylation is 1. The Kier molecular flexibility index (Phi) is 7.12. The van der Waals surface area contributed by atoms with Crippen LogP contribution in [0.4, 0.5) is 5.00 Å². The van der Waals surface area contributed by atoms with Gasteiger partial charge in [-0.2, -0.15) is 0 Å². The van der Waals surface area contributed by atoms with Crippen LogP contribution in [0.25, 0.3) is 0 Å². The summed E-state index contributed by atoms with van der Waals surface area (Å²) in [5, 5.41) is 3.67. The number of ether oxygens (including phenoxy) is 1. The van der Waals surface area contributed by atoms with Gasteiger partial charge in [-0.1, -0.05) is 38.1 Å². The van der Waals surface area contributed by atoms with Crippen molar-refractivity contribution in [3.8, 4) is 0 Å². The number of benzene rings is 1. The third kappa shape index (κ3) is 5.08. The molecule has 1 aromatic heterocycles. The van der Waals surface area contributed by atoms with Gasteiger partial charge in [0.1, 0.15) is 5.00 Å². The summed E-state index contributed by atoms with van der Waals surface area (Å²) in [5.41, 5.74) is 3.90. The average Bonchev–Trinajstić information content (AvgIpc) is 3.05. The van der Waals surface area contributed by atoms with E-state index >= 15 is 0 Å². The van der Waals surface area contributed by atoms with Crippen LogP contribution in [0, 0.1) is 5.92 Å². The minimum absolute atomic E-state index is 0.0919. The molecule has 0 saturated heterocycles. The van der Waals surface area contributed by atoms with Crippen molar-refractivity contribution >= 4 is 28.2 Å². The molecule has 0 aliphatic heterocycles. The van der Waals surface area contributed by atoms with Gasteiger partial charge in [0.15, 0.2) is 0 Å². The summed E-state index contributed by atoms with van der Waals surface area (Å²) in [6, 6.07) is 8.28. The van der Waals surface area contributed by atoms with Crippen LogP contribution < -0.4 is 5.32 Å². The van der Waals surface area contributed by atoms with E-state index in [1.165, 1.54) is 21.8 Å². The van der Waals surface area contributed by atoms with Crippen LogP contribution in [0.3, 0.4) is 0 Å². The van der Waals surface area contributed by atoms with Gasteiger partial charge in [-0.15, -0.1) is 11.3 Å². The van der Waals surface area contributed by atoms with Crippen LogP contribution in [0.1, 0.15) is 78.4 Å². The Morgan fingerprint density at radius 1 is 1.10 bits per heavy atom. The van der Waals surface area contributed by atoms with Gasteiger partial charge < -0.3 is 10.1 Å². The molecule has 0 fully saturated rings. The molecule has 156 valence electrons. The summed E-state index contributed by atoms with van der Waals surface area (Å²) < 4.78 is 5.28. The van der Waals surface area contributed by atoms with Crippen molar-refractivity contribution in [1.82, 2.24) is 0 Å². The van der Waals surface area contributed by atoms with Crippen molar-refractivity contribution < 1.29 is 14.3 Å². The predicted octanol–water partition coefficient (Wildman–Crippen LogP) is 5.74. The van der Waals surface area contributed by atoms with E-state index in [1.54, 1.807) is 6.92 Å². The van der Waals surface area contributed by atoms with E-state index in [0.29, 0.717) is 23.1 Å². The van der Waals surface area contributed by atoms with E-state index in [2.05, 4.69) is 31.3 Å². The van der Waals surface area contributed by atoms with Crippen LogP contribution in [0.15, 0.2) is 24.3 Å². The maximum atomic E-state index is 13.0. The molecular weight excluding hydrogens is 382 g/mol. The molecule has 1 aliphatic rings. The lowest BCUT2D eigenvalue weighted by Gasteiger charge is -2.14. The number of carbonyl (C=O) groups is 2. The standard InChI is InChI=1S/C24H31NO3S/c1-5-28-24(27)21-19-8-6-7-9-20(19)29-23(21)25-22(26)16(4)18-12-10-17(11-13-18)14-15(2)3/h10-13,15-16H,5-9,14H2,1-4H3,(H,25,26). The van der Waals surface area contributed by atoms with Gasteiger partial charge in [0.2, 0.25) is 5.91 Å². The minimum atomic E-state index is -0.326. The maximum absolute atomic E-state index is 13.0. The predicted molar refractivity (Wildman–Crippen MR) is 119 cm³/mol. The van der Waals surface area contributed by atoms with E-state index in [4.69, 9.17) is 4.74 Å². The Hall–Kier alpha value is -2.14. The third-order valence-corrected chi connectivity index (χ3v) is 6.61. The second-order valence-electron chi connectivity index (χ2n) is 8.19. The number of nitrogens with one attached hydrogen (secondary N) is 1. The first-order chi connectivity index (χ1) is 13.9. The van der Waals surface area contributed by atoms with Gasteiger partial charge in [-0.3, -0.25) is 4.79 Å². The van der Waals surface area contributed by atoms with Crippen molar-refractivity contribution in [1.29, 1.82) is 0 Å². The summed E-state index contributed by atoms with van der Waals surface area (Å²) in [7, 11) is 0. The van der Waals surface area contributed by atoms with Gasteiger partial charge in [0.05, 0.1) is 18.1 Å². The van der Waals surface area contributed by atoms with Crippen molar-refractivity contribution in [2.45, 2.75) is 65.7 Å². The van der Waals surface area contributed by atoms with Gasteiger partial charge in [-0.25, -0.2) is 4.79 Å². The number of rotatable bonds is 7. The molecule has 0 spiro atoms. The van der Waals surface area contributed by atoms with Crippen molar-refractivity contribution in [2.24, 2.45) is 5.92 Å². The number of fused-ring (bicyclic) bond motifs is 1. The molecular formula is C24H31NO3S. The highest BCUT2D eigenvalue weighted by Gasteiger charge is 2.28. The SMILES string of the molecule is CCOC(=O)c1c(NC(=O)C(C)c2ccc(CC(C)C)cc2)sc2c1CCCC2. The quantitative estimate of drug-likeness (QED) is 0.589. The molecule has 0 radical (unpaired) electrons. The second kappa shape index (κ2) is 9.57. The molecule has 1 amide bonds. The Balaban J connectivity index is 1.79. The largest absolute Gasteiger partial charge is 0.462 e. The fraction of sp³-hybridized carbons (Fsp3) is 0.500. The lowest BCUT2D eigenvalue weighted by Crippen LogP contribution is -2.20. The number of hydrogen-bond acceptors (Lipinski definition) is 4. The summed E-state index contributed by atoms with van der Waals surface area (Å²) in [5.74, 6) is -0.108. The third-order valence-electron chi connectivity index (χ3n) is 5.40. The molecule has 1 atom stereocenters. The number of carbonyl (C=O) groups excluding carboxylic acids is 2. The van der Waals surface area contributed by atoms with Crippen LogP contribution in [0.2, 0.25) is 0 Å². The number of esters is 1. The monoisotopic (exact) mass is 413 g/mol. The molecule has 5 heteroatoms. The van der Waals surface area contributed by atoms with Gasteiger partial charge in [0.25, 0.3) is 0 Å². The smallest absolute Gasteiger partial charge is 0.341 e. The molecule has 1 aliphatic carbocycles.